The van der Waals surface area contributed by atoms with Crippen LogP contribution >= 0.6 is 0 Å². The van der Waals surface area contributed by atoms with E-state index in [2.05, 4.69) is 270 Å². The number of hydrogen-bond donors (Lipinski definition) is 0. The third-order valence-corrected chi connectivity index (χ3v) is 15.3. The van der Waals surface area contributed by atoms with Gasteiger partial charge in [0.05, 0.1) is 5.41 Å². The molecule has 11 aromatic rings. The molecule has 0 saturated carbocycles. The van der Waals surface area contributed by atoms with Crippen LogP contribution in [0.3, 0.4) is 0 Å². The van der Waals surface area contributed by atoms with E-state index in [0.717, 1.165) is 34.1 Å². The second-order valence-electron chi connectivity index (χ2n) is 19.2. The van der Waals surface area contributed by atoms with Crippen LogP contribution < -0.4 is 9.80 Å². The van der Waals surface area contributed by atoms with Crippen LogP contribution in [0, 0.1) is 41.5 Å². The maximum absolute atomic E-state index is 2.52. The highest BCUT2D eigenvalue weighted by molar-refractivity contribution is 6.20. The first-order valence-electron chi connectivity index (χ1n) is 24.3. The monoisotopic (exact) mass is 886 g/mol. The topological polar surface area (TPSA) is 6.48 Å². The van der Waals surface area contributed by atoms with Gasteiger partial charge >= 0.3 is 0 Å². The van der Waals surface area contributed by atoms with E-state index in [1.54, 1.807) is 0 Å². The molecular weight excluding hydrogens is 833 g/mol. The number of benzene rings is 11. The van der Waals surface area contributed by atoms with Crippen LogP contribution in [0.25, 0.3) is 43.4 Å². The first-order chi connectivity index (χ1) is 33.7. The van der Waals surface area contributed by atoms with Crippen molar-refractivity contribution in [1.82, 2.24) is 0 Å². The Bertz CT molecular complexity index is 3690. The van der Waals surface area contributed by atoms with Crippen LogP contribution in [-0.4, -0.2) is 0 Å². The Morgan fingerprint density at radius 2 is 0.754 bits per heavy atom. The molecule has 2 nitrogen and oxygen atoms in total. The van der Waals surface area contributed by atoms with E-state index in [4.69, 9.17) is 0 Å². The van der Waals surface area contributed by atoms with Crippen LogP contribution in [0.15, 0.2) is 218 Å². The molecule has 0 atom stereocenters. The fourth-order valence-electron chi connectivity index (χ4n) is 11.5. The van der Waals surface area contributed by atoms with Crippen LogP contribution in [0.2, 0.25) is 0 Å². The molecule has 1 aliphatic rings. The second-order valence-corrected chi connectivity index (χ2v) is 19.2. The first-order valence-corrected chi connectivity index (χ1v) is 24.3. The standard InChI is InChI=1S/C67H54N2/c1-43-35-57(36-44(2)47(43)5)68(53-25-15-9-16-26-53)55-32-31-49-40-63-64(41-50(49)39-55)67(51-21-11-7-12-22-51,52-23-13-8-14-24-52)66-61-34-33-56(42-62(61)59-29-19-20-30-60(59)65(63)66)69(54-27-17-10-18-28-54)58-37-45(3)48(6)46(4)38-58/h7-42H,1-6H3. The highest BCUT2D eigenvalue weighted by atomic mass is 15.1. The summed E-state index contributed by atoms with van der Waals surface area (Å²) in [5.74, 6) is 0. The Kier molecular flexibility index (Phi) is 10.1. The fraction of sp³-hybridized carbons (Fsp3) is 0.104. The highest BCUT2D eigenvalue weighted by Crippen LogP contribution is 2.61. The van der Waals surface area contributed by atoms with Gasteiger partial charge in [-0.05, 0) is 226 Å². The Labute approximate surface area is 406 Å². The van der Waals surface area contributed by atoms with Crippen molar-refractivity contribution in [3.8, 4) is 11.1 Å². The molecule has 0 aromatic heterocycles. The molecule has 0 amide bonds. The average molecular weight is 887 g/mol. The lowest BCUT2D eigenvalue weighted by molar-refractivity contribution is 0.777. The maximum atomic E-state index is 2.52. The lowest BCUT2D eigenvalue weighted by Gasteiger charge is -2.35. The van der Waals surface area contributed by atoms with Gasteiger partial charge in [0.2, 0.25) is 0 Å². The predicted octanol–water partition coefficient (Wildman–Crippen LogP) is 18.3. The van der Waals surface area contributed by atoms with Gasteiger partial charge in [-0.25, -0.2) is 0 Å². The number of para-hydroxylation sites is 2. The van der Waals surface area contributed by atoms with Crippen molar-refractivity contribution in [2.75, 3.05) is 9.80 Å². The molecule has 69 heavy (non-hydrogen) atoms. The van der Waals surface area contributed by atoms with Crippen molar-refractivity contribution < 1.29 is 0 Å². The molecule has 0 spiro atoms. The van der Waals surface area contributed by atoms with Crippen LogP contribution in [0.5, 0.6) is 0 Å². The lowest BCUT2D eigenvalue weighted by Crippen LogP contribution is -2.29. The zero-order valence-corrected chi connectivity index (χ0v) is 40.2. The Morgan fingerprint density at radius 1 is 0.304 bits per heavy atom. The summed E-state index contributed by atoms with van der Waals surface area (Å²) in [6.45, 7) is 13.4. The Balaban J connectivity index is 1.16. The number of fused-ring (bicyclic) bond motifs is 9. The molecular formula is C67H54N2. The van der Waals surface area contributed by atoms with Crippen LogP contribution in [0.1, 0.15) is 55.6 Å². The Hall–Kier alpha value is -8.20. The summed E-state index contributed by atoms with van der Waals surface area (Å²) < 4.78 is 0. The van der Waals surface area contributed by atoms with Crippen molar-refractivity contribution in [3.05, 3.63) is 274 Å². The second kappa shape index (κ2) is 16.5. The first kappa shape index (κ1) is 42.2. The van der Waals surface area contributed by atoms with E-state index in [1.165, 1.54) is 99.1 Å². The highest BCUT2D eigenvalue weighted by Gasteiger charge is 2.48. The zero-order valence-electron chi connectivity index (χ0n) is 40.2. The molecule has 0 bridgehead atoms. The zero-order chi connectivity index (χ0) is 47.0. The molecule has 0 radical (unpaired) electrons. The van der Waals surface area contributed by atoms with Gasteiger partial charge in [-0.15, -0.1) is 0 Å². The quantitative estimate of drug-likeness (QED) is 0.140. The number of nitrogens with zero attached hydrogens (tertiary/aromatic N) is 2. The largest absolute Gasteiger partial charge is 0.310 e. The summed E-state index contributed by atoms with van der Waals surface area (Å²) in [6, 6.07) is 81.9. The third kappa shape index (κ3) is 6.69. The van der Waals surface area contributed by atoms with Crippen LogP contribution in [0.4, 0.5) is 34.1 Å². The van der Waals surface area contributed by atoms with E-state index in [-0.39, 0.29) is 0 Å². The predicted molar refractivity (Wildman–Crippen MR) is 294 cm³/mol. The van der Waals surface area contributed by atoms with Gasteiger partial charge in [0, 0.05) is 34.1 Å². The molecule has 0 unspecified atom stereocenters. The normalized spacial score (nSPS) is 12.6. The molecule has 0 saturated heterocycles. The minimum absolute atomic E-state index is 0.643. The van der Waals surface area contributed by atoms with Crippen molar-refractivity contribution >= 4 is 66.4 Å². The fourth-order valence-corrected chi connectivity index (χ4v) is 11.5. The van der Waals surface area contributed by atoms with Crippen molar-refractivity contribution in [2.45, 2.75) is 47.0 Å². The average Bonchev–Trinajstić information content (AvgIpc) is 3.68. The van der Waals surface area contributed by atoms with Gasteiger partial charge in [-0.2, -0.15) is 0 Å². The molecule has 1 aliphatic carbocycles. The molecule has 2 heteroatoms. The van der Waals surface area contributed by atoms with Crippen molar-refractivity contribution in [1.29, 1.82) is 0 Å². The number of hydrogen-bond acceptors (Lipinski definition) is 2. The van der Waals surface area contributed by atoms with Crippen LogP contribution in [-0.2, 0) is 5.41 Å². The summed E-state index contributed by atoms with van der Waals surface area (Å²) in [6.07, 6.45) is 0. The molecule has 332 valence electrons. The van der Waals surface area contributed by atoms with E-state index >= 15 is 0 Å². The molecule has 11 aromatic carbocycles. The van der Waals surface area contributed by atoms with Gasteiger partial charge < -0.3 is 9.80 Å². The molecule has 0 N–H and O–H groups in total. The SMILES string of the molecule is Cc1cc(N(c2ccccc2)c2ccc3cc4c(cc3c2)C(c2ccccc2)(c2ccccc2)c2c-4c3ccccc3c3cc(N(c4ccccc4)c4cc(C)c(C)c(C)c4)ccc23)cc(C)c1C. The van der Waals surface area contributed by atoms with E-state index in [9.17, 15) is 0 Å². The summed E-state index contributed by atoms with van der Waals surface area (Å²) in [5.41, 5.74) is 21.7. The number of anilines is 6. The molecule has 12 rings (SSSR count). The van der Waals surface area contributed by atoms with E-state index in [0.29, 0.717) is 0 Å². The molecule has 0 aliphatic heterocycles. The van der Waals surface area contributed by atoms with Gasteiger partial charge in [-0.3, -0.25) is 0 Å². The number of rotatable bonds is 8. The lowest BCUT2D eigenvalue weighted by atomic mass is 9.66. The van der Waals surface area contributed by atoms with Gasteiger partial charge in [0.15, 0.2) is 0 Å². The summed E-state index contributed by atoms with van der Waals surface area (Å²) in [5, 5.41) is 7.42. The summed E-state index contributed by atoms with van der Waals surface area (Å²) >= 11 is 0. The third-order valence-electron chi connectivity index (χ3n) is 15.3. The van der Waals surface area contributed by atoms with E-state index in [1.807, 2.05) is 0 Å². The number of aryl methyl sites for hydroxylation is 4. The smallest absolute Gasteiger partial charge is 0.0720 e. The summed E-state index contributed by atoms with van der Waals surface area (Å²) in [4.78, 5) is 4.85. The molecule has 0 heterocycles. The van der Waals surface area contributed by atoms with E-state index < -0.39 is 5.41 Å². The van der Waals surface area contributed by atoms with Crippen molar-refractivity contribution in [2.24, 2.45) is 0 Å². The maximum Gasteiger partial charge on any atom is 0.0720 e. The van der Waals surface area contributed by atoms with Gasteiger partial charge in [0.25, 0.3) is 0 Å². The summed E-state index contributed by atoms with van der Waals surface area (Å²) in [7, 11) is 0. The minimum Gasteiger partial charge on any atom is -0.310 e. The molecule has 0 fully saturated rings. The minimum atomic E-state index is -0.643. The van der Waals surface area contributed by atoms with Gasteiger partial charge in [-0.1, -0.05) is 133 Å². The van der Waals surface area contributed by atoms with Gasteiger partial charge in [0.1, 0.15) is 0 Å². The van der Waals surface area contributed by atoms with Crippen molar-refractivity contribution in [3.63, 3.8) is 0 Å². The Morgan fingerprint density at radius 3 is 1.28 bits per heavy atom.